The number of alkyl halides is 3. The molecule has 2 aliphatic heterocycles. The van der Waals surface area contributed by atoms with Crippen molar-refractivity contribution < 1.29 is 27.0 Å². The number of aromatic nitrogens is 3. The summed E-state index contributed by atoms with van der Waals surface area (Å²) < 4.78 is 64.1. The van der Waals surface area contributed by atoms with Crippen molar-refractivity contribution in [3.05, 3.63) is 30.0 Å². The SMILES string of the molecule is Fc1c(N2CCOCC2)cc(Nc2cnc(C(F)(F)F)cn2)nc1N1CCOCC1. The first-order valence-electron chi connectivity index (χ1n) is 9.44. The Bertz CT molecular complexity index is 829. The Hall–Kier alpha value is -2.73. The number of morpholine rings is 2. The Balaban J connectivity index is 1.65. The largest absolute Gasteiger partial charge is 0.434 e. The van der Waals surface area contributed by atoms with E-state index in [1.54, 1.807) is 4.90 Å². The van der Waals surface area contributed by atoms with Gasteiger partial charge in [0.15, 0.2) is 17.3 Å². The average Bonchev–Trinajstić information content (AvgIpc) is 2.76. The lowest BCUT2D eigenvalue weighted by molar-refractivity contribution is -0.141. The molecule has 0 saturated carbocycles. The van der Waals surface area contributed by atoms with Gasteiger partial charge in [-0.05, 0) is 0 Å². The summed E-state index contributed by atoms with van der Waals surface area (Å²) in [6, 6.07) is 1.52. The standard InChI is InChI=1S/C18H20F4N6O2/c19-16-12(27-1-5-29-6-2-27)9-14(26-17(16)28-3-7-30-8-4-28)25-15-11-23-13(10-24-15)18(20,21)22/h9-11H,1-8H2,(H,24,25,26). The molecular weight excluding hydrogens is 408 g/mol. The van der Waals surface area contributed by atoms with E-state index in [9.17, 15) is 13.2 Å². The first-order valence-corrected chi connectivity index (χ1v) is 9.44. The van der Waals surface area contributed by atoms with Gasteiger partial charge in [0.25, 0.3) is 0 Å². The van der Waals surface area contributed by atoms with Crippen LogP contribution >= 0.6 is 0 Å². The highest BCUT2D eigenvalue weighted by atomic mass is 19.4. The van der Waals surface area contributed by atoms with Crippen LogP contribution in [0, 0.1) is 5.82 Å². The van der Waals surface area contributed by atoms with Gasteiger partial charge in [0.05, 0.1) is 44.5 Å². The van der Waals surface area contributed by atoms with Gasteiger partial charge in [0, 0.05) is 32.2 Å². The zero-order valence-electron chi connectivity index (χ0n) is 16.0. The number of pyridine rings is 1. The van der Waals surface area contributed by atoms with Crippen LogP contribution in [0.4, 0.5) is 40.7 Å². The molecule has 0 amide bonds. The van der Waals surface area contributed by atoms with Gasteiger partial charge in [-0.15, -0.1) is 0 Å². The van der Waals surface area contributed by atoms with Gasteiger partial charge in [-0.25, -0.2) is 19.3 Å². The van der Waals surface area contributed by atoms with E-state index in [1.807, 2.05) is 4.90 Å². The van der Waals surface area contributed by atoms with E-state index < -0.39 is 17.7 Å². The Kier molecular flexibility index (Phi) is 5.86. The minimum Gasteiger partial charge on any atom is -0.378 e. The van der Waals surface area contributed by atoms with E-state index in [1.165, 1.54) is 6.07 Å². The summed E-state index contributed by atoms with van der Waals surface area (Å²) in [5.41, 5.74) is -0.750. The van der Waals surface area contributed by atoms with Crippen LogP contribution in [-0.4, -0.2) is 67.6 Å². The van der Waals surface area contributed by atoms with Crippen LogP contribution in [0.15, 0.2) is 18.5 Å². The van der Waals surface area contributed by atoms with Crippen molar-refractivity contribution in [1.29, 1.82) is 0 Å². The maximum atomic E-state index is 15.3. The molecule has 0 spiro atoms. The Morgan fingerprint density at radius 2 is 1.50 bits per heavy atom. The van der Waals surface area contributed by atoms with Gasteiger partial charge >= 0.3 is 6.18 Å². The number of nitrogens with zero attached hydrogens (tertiary/aromatic N) is 5. The highest BCUT2D eigenvalue weighted by Crippen LogP contribution is 2.32. The summed E-state index contributed by atoms with van der Waals surface area (Å²) in [6.07, 6.45) is -2.97. The van der Waals surface area contributed by atoms with E-state index in [0.717, 1.165) is 6.20 Å². The topological polar surface area (TPSA) is 75.6 Å². The molecule has 4 heterocycles. The van der Waals surface area contributed by atoms with Crippen molar-refractivity contribution in [2.75, 3.05) is 67.7 Å². The fourth-order valence-corrected chi connectivity index (χ4v) is 3.26. The van der Waals surface area contributed by atoms with Crippen LogP contribution in [-0.2, 0) is 15.7 Å². The van der Waals surface area contributed by atoms with E-state index in [2.05, 4.69) is 20.3 Å². The number of ether oxygens (including phenoxy) is 2. The number of rotatable bonds is 4. The number of halogens is 4. The molecule has 2 fully saturated rings. The number of anilines is 4. The van der Waals surface area contributed by atoms with E-state index >= 15 is 4.39 Å². The van der Waals surface area contributed by atoms with Gasteiger partial charge in [-0.2, -0.15) is 13.2 Å². The minimum absolute atomic E-state index is 0.0722. The summed E-state index contributed by atoms with van der Waals surface area (Å²) in [5, 5.41) is 2.83. The molecule has 4 rings (SSSR count). The molecule has 0 atom stereocenters. The van der Waals surface area contributed by atoms with Crippen molar-refractivity contribution in [1.82, 2.24) is 15.0 Å². The number of nitrogens with one attached hydrogen (secondary N) is 1. The molecule has 8 nitrogen and oxygen atoms in total. The third-order valence-corrected chi connectivity index (χ3v) is 4.78. The predicted octanol–water partition coefficient (Wildman–Crippen LogP) is 2.45. The molecule has 2 aromatic rings. The fraction of sp³-hybridized carbons (Fsp3) is 0.500. The zero-order valence-corrected chi connectivity index (χ0v) is 16.0. The van der Waals surface area contributed by atoms with Crippen molar-refractivity contribution in [3.63, 3.8) is 0 Å². The van der Waals surface area contributed by atoms with Gasteiger partial charge in [-0.3, -0.25) is 0 Å². The fourth-order valence-electron chi connectivity index (χ4n) is 3.26. The molecule has 30 heavy (non-hydrogen) atoms. The Morgan fingerprint density at radius 3 is 2.07 bits per heavy atom. The third kappa shape index (κ3) is 4.54. The van der Waals surface area contributed by atoms with Gasteiger partial charge in [0.2, 0.25) is 0 Å². The monoisotopic (exact) mass is 428 g/mol. The van der Waals surface area contributed by atoms with Gasteiger partial charge < -0.3 is 24.6 Å². The summed E-state index contributed by atoms with van der Waals surface area (Å²) >= 11 is 0. The van der Waals surface area contributed by atoms with E-state index in [4.69, 9.17) is 9.47 Å². The molecule has 0 radical (unpaired) electrons. The van der Waals surface area contributed by atoms with Crippen LogP contribution in [0.3, 0.4) is 0 Å². The maximum absolute atomic E-state index is 15.3. The van der Waals surface area contributed by atoms with Crippen molar-refractivity contribution in [3.8, 4) is 0 Å². The zero-order chi connectivity index (χ0) is 21.1. The van der Waals surface area contributed by atoms with Crippen LogP contribution in [0.2, 0.25) is 0 Å². The number of hydrogen-bond acceptors (Lipinski definition) is 8. The molecule has 0 aliphatic carbocycles. The van der Waals surface area contributed by atoms with E-state index in [0.29, 0.717) is 64.5 Å². The van der Waals surface area contributed by atoms with Crippen LogP contribution < -0.4 is 15.1 Å². The highest BCUT2D eigenvalue weighted by Gasteiger charge is 2.33. The Labute approximate surface area is 169 Å². The van der Waals surface area contributed by atoms with Crippen molar-refractivity contribution in [2.24, 2.45) is 0 Å². The maximum Gasteiger partial charge on any atom is 0.434 e. The molecule has 2 aliphatic rings. The molecule has 12 heteroatoms. The summed E-state index contributed by atoms with van der Waals surface area (Å²) in [4.78, 5) is 15.1. The quantitative estimate of drug-likeness (QED) is 0.745. The lowest BCUT2D eigenvalue weighted by Gasteiger charge is -2.32. The normalized spacial score (nSPS) is 17.9. The molecular formula is C18H20F4N6O2. The Morgan fingerprint density at radius 1 is 0.867 bits per heavy atom. The summed E-state index contributed by atoms with van der Waals surface area (Å²) in [7, 11) is 0. The third-order valence-electron chi connectivity index (χ3n) is 4.78. The van der Waals surface area contributed by atoms with Crippen molar-refractivity contribution >= 4 is 23.1 Å². The molecule has 2 saturated heterocycles. The van der Waals surface area contributed by atoms with Crippen molar-refractivity contribution in [2.45, 2.75) is 6.18 Å². The second-order valence-corrected chi connectivity index (χ2v) is 6.77. The smallest absolute Gasteiger partial charge is 0.378 e. The average molecular weight is 428 g/mol. The predicted molar refractivity (Wildman–Crippen MR) is 101 cm³/mol. The second-order valence-electron chi connectivity index (χ2n) is 6.77. The molecule has 162 valence electrons. The molecule has 2 aromatic heterocycles. The van der Waals surface area contributed by atoms with Crippen LogP contribution in [0.1, 0.15) is 5.69 Å². The lowest BCUT2D eigenvalue weighted by Crippen LogP contribution is -2.39. The summed E-state index contributed by atoms with van der Waals surface area (Å²) in [6.45, 7) is 3.85. The molecule has 0 unspecified atom stereocenters. The summed E-state index contributed by atoms with van der Waals surface area (Å²) in [5.74, 6) is 0.0314. The molecule has 0 bridgehead atoms. The lowest BCUT2D eigenvalue weighted by atomic mass is 10.2. The van der Waals surface area contributed by atoms with Crippen LogP contribution in [0.5, 0.6) is 0 Å². The van der Waals surface area contributed by atoms with E-state index in [-0.39, 0.29) is 17.5 Å². The number of hydrogen-bond donors (Lipinski definition) is 1. The van der Waals surface area contributed by atoms with Gasteiger partial charge in [-0.1, -0.05) is 0 Å². The van der Waals surface area contributed by atoms with Crippen LogP contribution in [0.25, 0.3) is 0 Å². The molecule has 1 N–H and O–H groups in total. The minimum atomic E-state index is -4.58. The molecule has 0 aromatic carbocycles. The van der Waals surface area contributed by atoms with Gasteiger partial charge in [0.1, 0.15) is 11.6 Å². The second kappa shape index (κ2) is 8.56. The first-order chi connectivity index (χ1) is 14.4. The first kappa shape index (κ1) is 20.5. The highest BCUT2D eigenvalue weighted by molar-refractivity contribution is 5.66.